The second-order valence-corrected chi connectivity index (χ2v) is 4.94. The smallest absolute Gasteiger partial charge is 0.305 e. The van der Waals surface area contributed by atoms with Crippen molar-refractivity contribution < 1.29 is 19.5 Å². The van der Waals surface area contributed by atoms with Gasteiger partial charge in [-0.1, -0.05) is 26.0 Å². The molecule has 2 rings (SSSR count). The molecule has 0 aliphatic carbocycles. The van der Waals surface area contributed by atoms with Crippen molar-refractivity contribution in [3.63, 3.8) is 0 Å². The second-order valence-electron chi connectivity index (χ2n) is 4.94. The molecule has 0 saturated heterocycles. The lowest BCUT2D eigenvalue weighted by Gasteiger charge is -2.28. The highest BCUT2D eigenvalue weighted by molar-refractivity contribution is 6.21. The zero-order valence-electron chi connectivity index (χ0n) is 10.8. The summed E-state index contributed by atoms with van der Waals surface area (Å²) < 4.78 is 0. The molecule has 100 valence electrons. The molecule has 0 bridgehead atoms. The SMILES string of the molecule is CC(C)[C@@H](CC(=O)O)N1C(=O)c2ccccc2C1=O. The highest BCUT2D eigenvalue weighted by atomic mass is 16.4. The number of hydrogen-bond donors (Lipinski definition) is 1. The van der Waals surface area contributed by atoms with Crippen LogP contribution in [-0.4, -0.2) is 33.8 Å². The predicted octanol–water partition coefficient (Wildman–Crippen LogP) is 1.78. The van der Waals surface area contributed by atoms with Crippen LogP contribution in [0.2, 0.25) is 0 Å². The number of amides is 2. The molecule has 0 aromatic heterocycles. The molecule has 5 nitrogen and oxygen atoms in total. The van der Waals surface area contributed by atoms with E-state index in [2.05, 4.69) is 0 Å². The first kappa shape index (κ1) is 13.3. The van der Waals surface area contributed by atoms with Gasteiger partial charge in [-0.3, -0.25) is 19.3 Å². The molecule has 0 spiro atoms. The molecule has 0 fully saturated rings. The molecule has 1 heterocycles. The Balaban J connectivity index is 2.39. The molecule has 19 heavy (non-hydrogen) atoms. The van der Waals surface area contributed by atoms with E-state index in [1.165, 1.54) is 0 Å². The van der Waals surface area contributed by atoms with Crippen molar-refractivity contribution in [3.8, 4) is 0 Å². The Morgan fingerprint density at radius 1 is 1.16 bits per heavy atom. The van der Waals surface area contributed by atoms with Gasteiger partial charge in [0.15, 0.2) is 0 Å². The molecule has 1 aromatic rings. The van der Waals surface area contributed by atoms with E-state index in [0.717, 1.165) is 4.90 Å². The maximum Gasteiger partial charge on any atom is 0.305 e. The monoisotopic (exact) mass is 261 g/mol. The summed E-state index contributed by atoms with van der Waals surface area (Å²) in [6.45, 7) is 3.61. The lowest BCUT2D eigenvalue weighted by Crippen LogP contribution is -2.44. The Bertz CT molecular complexity index is 515. The maximum absolute atomic E-state index is 12.2. The van der Waals surface area contributed by atoms with Gasteiger partial charge in [-0.2, -0.15) is 0 Å². The van der Waals surface area contributed by atoms with Crippen LogP contribution < -0.4 is 0 Å². The van der Waals surface area contributed by atoms with Gasteiger partial charge in [0, 0.05) is 0 Å². The van der Waals surface area contributed by atoms with Gasteiger partial charge < -0.3 is 5.11 Å². The molecule has 1 atom stereocenters. The Kier molecular flexibility index (Phi) is 3.38. The standard InChI is InChI=1S/C14H15NO4/c1-8(2)11(7-12(16)17)15-13(18)9-5-3-4-6-10(9)14(15)19/h3-6,8,11H,7H2,1-2H3,(H,16,17)/t11-/m1/s1. The van der Waals surface area contributed by atoms with Crippen molar-refractivity contribution >= 4 is 17.8 Å². The van der Waals surface area contributed by atoms with E-state index in [1.807, 2.05) is 0 Å². The molecular weight excluding hydrogens is 246 g/mol. The fourth-order valence-electron chi connectivity index (χ4n) is 2.31. The predicted molar refractivity (Wildman–Crippen MR) is 67.8 cm³/mol. The minimum absolute atomic E-state index is 0.113. The van der Waals surface area contributed by atoms with Crippen LogP contribution in [0.4, 0.5) is 0 Å². The zero-order chi connectivity index (χ0) is 14.2. The molecule has 1 aromatic carbocycles. The van der Waals surface area contributed by atoms with Crippen LogP contribution in [0.15, 0.2) is 24.3 Å². The lowest BCUT2D eigenvalue weighted by molar-refractivity contribution is -0.138. The van der Waals surface area contributed by atoms with Crippen molar-refractivity contribution in [1.29, 1.82) is 0 Å². The average molecular weight is 261 g/mol. The van der Waals surface area contributed by atoms with E-state index >= 15 is 0 Å². The van der Waals surface area contributed by atoms with Gasteiger partial charge in [-0.25, -0.2) is 0 Å². The van der Waals surface area contributed by atoms with E-state index in [1.54, 1.807) is 38.1 Å². The minimum Gasteiger partial charge on any atom is -0.481 e. The van der Waals surface area contributed by atoms with Crippen molar-refractivity contribution in [3.05, 3.63) is 35.4 Å². The first-order chi connectivity index (χ1) is 8.93. The van der Waals surface area contributed by atoms with Gasteiger partial charge in [0.05, 0.1) is 23.6 Å². The van der Waals surface area contributed by atoms with Gasteiger partial charge in [-0.15, -0.1) is 0 Å². The van der Waals surface area contributed by atoms with Gasteiger partial charge in [-0.05, 0) is 18.1 Å². The summed E-state index contributed by atoms with van der Waals surface area (Å²) in [4.78, 5) is 36.5. The maximum atomic E-state index is 12.2. The zero-order valence-corrected chi connectivity index (χ0v) is 10.8. The molecule has 1 aliphatic rings. The van der Waals surface area contributed by atoms with E-state index in [-0.39, 0.29) is 12.3 Å². The summed E-state index contributed by atoms with van der Waals surface area (Å²) in [5.41, 5.74) is 0.701. The summed E-state index contributed by atoms with van der Waals surface area (Å²) in [5, 5.41) is 8.93. The Morgan fingerprint density at radius 3 is 2.00 bits per heavy atom. The number of imide groups is 1. The number of rotatable bonds is 4. The number of carboxylic acids is 1. The van der Waals surface area contributed by atoms with E-state index < -0.39 is 23.8 Å². The highest BCUT2D eigenvalue weighted by Crippen LogP contribution is 2.28. The summed E-state index contributed by atoms with van der Waals surface area (Å²) in [6.07, 6.45) is -0.233. The third-order valence-corrected chi connectivity index (χ3v) is 3.31. The Hall–Kier alpha value is -2.17. The van der Waals surface area contributed by atoms with Crippen LogP contribution in [0.1, 0.15) is 41.0 Å². The fraction of sp³-hybridized carbons (Fsp3) is 0.357. The number of carboxylic acid groups (broad SMARTS) is 1. The topological polar surface area (TPSA) is 74.7 Å². The fourth-order valence-corrected chi connectivity index (χ4v) is 2.31. The number of benzene rings is 1. The Labute approximate surface area is 110 Å². The summed E-state index contributed by atoms with van der Waals surface area (Å²) in [5.74, 6) is -1.94. The van der Waals surface area contributed by atoms with Crippen LogP contribution in [0.5, 0.6) is 0 Å². The number of fused-ring (bicyclic) bond motifs is 1. The normalized spacial score (nSPS) is 15.8. The second kappa shape index (κ2) is 4.84. The first-order valence-electron chi connectivity index (χ1n) is 6.12. The number of carbonyl (C=O) groups excluding carboxylic acids is 2. The van der Waals surface area contributed by atoms with Gasteiger partial charge in [0.2, 0.25) is 0 Å². The van der Waals surface area contributed by atoms with Crippen molar-refractivity contribution in [2.75, 3.05) is 0 Å². The van der Waals surface area contributed by atoms with Crippen LogP contribution in [-0.2, 0) is 4.79 Å². The lowest BCUT2D eigenvalue weighted by atomic mass is 9.99. The van der Waals surface area contributed by atoms with E-state index in [0.29, 0.717) is 11.1 Å². The van der Waals surface area contributed by atoms with Crippen LogP contribution >= 0.6 is 0 Å². The van der Waals surface area contributed by atoms with Crippen molar-refractivity contribution in [2.45, 2.75) is 26.3 Å². The number of nitrogens with zero attached hydrogens (tertiary/aromatic N) is 1. The molecule has 0 radical (unpaired) electrons. The van der Waals surface area contributed by atoms with E-state index in [4.69, 9.17) is 5.11 Å². The van der Waals surface area contributed by atoms with Crippen LogP contribution in [0.25, 0.3) is 0 Å². The van der Waals surface area contributed by atoms with Gasteiger partial charge in [0.1, 0.15) is 0 Å². The largest absolute Gasteiger partial charge is 0.481 e. The number of aliphatic carboxylic acids is 1. The summed E-state index contributed by atoms with van der Waals surface area (Å²) in [7, 11) is 0. The third kappa shape index (κ3) is 2.23. The average Bonchev–Trinajstić information content (AvgIpc) is 2.60. The molecule has 0 unspecified atom stereocenters. The quantitative estimate of drug-likeness (QED) is 0.838. The number of carbonyl (C=O) groups is 3. The first-order valence-corrected chi connectivity index (χ1v) is 6.12. The summed E-state index contributed by atoms with van der Waals surface area (Å²) in [6, 6.07) is 5.94. The van der Waals surface area contributed by atoms with E-state index in [9.17, 15) is 14.4 Å². The molecule has 5 heteroatoms. The molecule has 1 N–H and O–H groups in total. The summed E-state index contributed by atoms with van der Waals surface area (Å²) >= 11 is 0. The van der Waals surface area contributed by atoms with Gasteiger partial charge >= 0.3 is 5.97 Å². The minimum atomic E-state index is -1.02. The van der Waals surface area contributed by atoms with Crippen LogP contribution in [0, 0.1) is 5.92 Å². The highest BCUT2D eigenvalue weighted by Gasteiger charge is 2.41. The molecular formula is C14H15NO4. The van der Waals surface area contributed by atoms with Gasteiger partial charge in [0.25, 0.3) is 11.8 Å². The van der Waals surface area contributed by atoms with Crippen LogP contribution in [0.3, 0.4) is 0 Å². The number of hydrogen-bond acceptors (Lipinski definition) is 3. The van der Waals surface area contributed by atoms with Crippen molar-refractivity contribution in [1.82, 2.24) is 4.90 Å². The Morgan fingerprint density at radius 2 is 1.63 bits per heavy atom. The molecule has 0 saturated carbocycles. The molecule has 1 aliphatic heterocycles. The van der Waals surface area contributed by atoms with Crippen molar-refractivity contribution in [2.24, 2.45) is 5.92 Å². The third-order valence-electron chi connectivity index (χ3n) is 3.31. The molecule has 2 amide bonds.